The van der Waals surface area contributed by atoms with Gasteiger partial charge in [-0.1, -0.05) is 31.5 Å². The van der Waals surface area contributed by atoms with E-state index in [4.69, 9.17) is 0 Å². The van der Waals surface area contributed by atoms with Crippen molar-refractivity contribution in [1.82, 2.24) is 19.7 Å². The molecule has 0 saturated carbocycles. The van der Waals surface area contributed by atoms with Crippen LogP contribution in [0.2, 0.25) is 0 Å². The summed E-state index contributed by atoms with van der Waals surface area (Å²) < 4.78 is 15.8. The van der Waals surface area contributed by atoms with Crippen LogP contribution in [-0.2, 0) is 13.0 Å². The Kier molecular flexibility index (Phi) is 4.76. The van der Waals surface area contributed by atoms with Crippen LogP contribution in [0.25, 0.3) is 11.5 Å². The molecule has 5 heteroatoms. The fraction of sp³-hybridized carbons (Fsp3) is 0.278. The lowest BCUT2D eigenvalue weighted by Gasteiger charge is -2.08. The van der Waals surface area contributed by atoms with Crippen molar-refractivity contribution < 1.29 is 4.39 Å². The van der Waals surface area contributed by atoms with Crippen molar-refractivity contribution in [1.29, 1.82) is 0 Å². The zero-order valence-electron chi connectivity index (χ0n) is 13.1. The first-order valence-electron chi connectivity index (χ1n) is 7.85. The molecular weight excluding hydrogens is 291 g/mol. The second kappa shape index (κ2) is 7.13. The predicted octanol–water partition coefficient (Wildman–Crippen LogP) is 3.87. The van der Waals surface area contributed by atoms with Crippen LogP contribution in [0, 0.1) is 5.82 Å². The number of aromatic nitrogens is 4. The minimum absolute atomic E-state index is 0.207. The monoisotopic (exact) mass is 310 g/mol. The largest absolute Gasteiger partial charge is 0.264 e. The van der Waals surface area contributed by atoms with Crippen molar-refractivity contribution in [2.75, 3.05) is 0 Å². The van der Waals surface area contributed by atoms with Crippen LogP contribution >= 0.6 is 0 Å². The van der Waals surface area contributed by atoms with Crippen molar-refractivity contribution in [2.24, 2.45) is 0 Å². The maximum absolute atomic E-state index is 13.9. The first-order valence-corrected chi connectivity index (χ1v) is 7.85. The van der Waals surface area contributed by atoms with Crippen molar-refractivity contribution in [3.8, 4) is 11.5 Å². The number of unbranched alkanes of at least 4 members (excludes halogenated alkanes) is 1. The van der Waals surface area contributed by atoms with E-state index in [9.17, 15) is 4.39 Å². The zero-order chi connectivity index (χ0) is 16.1. The van der Waals surface area contributed by atoms with Gasteiger partial charge >= 0.3 is 0 Å². The molecule has 0 atom stereocenters. The lowest BCUT2D eigenvalue weighted by Crippen LogP contribution is -2.08. The van der Waals surface area contributed by atoms with Gasteiger partial charge < -0.3 is 0 Å². The predicted molar refractivity (Wildman–Crippen MR) is 87.4 cm³/mol. The van der Waals surface area contributed by atoms with Crippen LogP contribution in [0.1, 0.15) is 31.0 Å². The molecule has 4 nitrogen and oxygen atoms in total. The van der Waals surface area contributed by atoms with Crippen LogP contribution in [0.15, 0.2) is 48.8 Å². The highest BCUT2D eigenvalue weighted by Gasteiger charge is 2.12. The Labute approximate surface area is 135 Å². The molecule has 2 heterocycles. The topological polar surface area (TPSA) is 43.6 Å². The van der Waals surface area contributed by atoms with Gasteiger partial charge in [0.25, 0.3) is 0 Å². The number of aryl methyl sites for hydroxylation is 1. The summed E-state index contributed by atoms with van der Waals surface area (Å²) in [5.41, 5.74) is 2.44. The van der Waals surface area contributed by atoms with E-state index in [-0.39, 0.29) is 5.82 Å². The van der Waals surface area contributed by atoms with Gasteiger partial charge in [0.1, 0.15) is 11.5 Å². The number of hydrogen-bond acceptors (Lipinski definition) is 3. The highest BCUT2D eigenvalue weighted by molar-refractivity contribution is 5.49. The fourth-order valence-electron chi connectivity index (χ4n) is 2.48. The first kappa shape index (κ1) is 15.3. The molecule has 1 aromatic carbocycles. The third kappa shape index (κ3) is 3.62. The highest BCUT2D eigenvalue weighted by Crippen LogP contribution is 2.18. The summed E-state index contributed by atoms with van der Waals surface area (Å²) in [4.78, 5) is 8.49. The van der Waals surface area contributed by atoms with Gasteiger partial charge in [-0.05, 0) is 31.0 Å². The van der Waals surface area contributed by atoms with E-state index in [1.54, 1.807) is 30.6 Å². The molecule has 0 aliphatic heterocycles. The standard InChI is InChI=1S/C18H19FN4/c1-2-3-8-15-12-17(18-20-10-6-11-21-18)22-23(15)13-14-7-4-5-9-16(14)19/h4-7,9-12H,2-3,8,13H2,1H3. The smallest absolute Gasteiger partial charge is 0.179 e. The Bertz CT molecular complexity index is 768. The SMILES string of the molecule is CCCCc1cc(-c2ncccn2)nn1Cc1ccccc1F. The Morgan fingerprint density at radius 3 is 2.61 bits per heavy atom. The van der Waals surface area contributed by atoms with Crippen molar-refractivity contribution in [3.05, 3.63) is 65.9 Å². The molecule has 0 amide bonds. The summed E-state index contributed by atoms with van der Waals surface area (Å²) in [6.07, 6.45) is 6.47. The van der Waals surface area contributed by atoms with Crippen LogP contribution in [0.3, 0.4) is 0 Å². The Balaban J connectivity index is 1.94. The van der Waals surface area contributed by atoms with Gasteiger partial charge in [0.15, 0.2) is 5.82 Å². The maximum atomic E-state index is 13.9. The second-order valence-electron chi connectivity index (χ2n) is 5.45. The fourth-order valence-corrected chi connectivity index (χ4v) is 2.48. The normalized spacial score (nSPS) is 10.9. The van der Waals surface area contributed by atoms with Gasteiger partial charge in [-0.2, -0.15) is 5.10 Å². The van der Waals surface area contributed by atoms with Gasteiger partial charge in [-0.15, -0.1) is 0 Å². The minimum atomic E-state index is -0.207. The van der Waals surface area contributed by atoms with Crippen molar-refractivity contribution >= 4 is 0 Å². The van der Waals surface area contributed by atoms with Gasteiger partial charge in [-0.3, -0.25) is 4.68 Å². The minimum Gasteiger partial charge on any atom is -0.264 e. The van der Waals surface area contributed by atoms with E-state index in [0.29, 0.717) is 17.9 Å². The van der Waals surface area contributed by atoms with Crippen LogP contribution in [0.4, 0.5) is 4.39 Å². The van der Waals surface area contributed by atoms with Gasteiger partial charge in [0.2, 0.25) is 0 Å². The molecule has 0 aliphatic rings. The second-order valence-corrected chi connectivity index (χ2v) is 5.45. The summed E-state index contributed by atoms with van der Waals surface area (Å²) >= 11 is 0. The Hall–Kier alpha value is -2.56. The van der Waals surface area contributed by atoms with E-state index in [1.165, 1.54) is 6.07 Å². The molecule has 0 N–H and O–H groups in total. The summed E-state index contributed by atoms with van der Waals surface area (Å²) in [6.45, 7) is 2.57. The van der Waals surface area contributed by atoms with E-state index in [0.717, 1.165) is 30.7 Å². The van der Waals surface area contributed by atoms with E-state index < -0.39 is 0 Å². The van der Waals surface area contributed by atoms with Crippen molar-refractivity contribution in [3.63, 3.8) is 0 Å². The molecule has 2 aromatic heterocycles. The zero-order valence-corrected chi connectivity index (χ0v) is 13.1. The highest BCUT2D eigenvalue weighted by atomic mass is 19.1. The number of halogens is 1. The Morgan fingerprint density at radius 2 is 1.87 bits per heavy atom. The maximum Gasteiger partial charge on any atom is 0.179 e. The van der Waals surface area contributed by atoms with Gasteiger partial charge in [0.05, 0.1) is 6.54 Å². The third-order valence-corrected chi connectivity index (χ3v) is 3.72. The lowest BCUT2D eigenvalue weighted by molar-refractivity contribution is 0.571. The molecule has 118 valence electrons. The van der Waals surface area contributed by atoms with Crippen LogP contribution in [-0.4, -0.2) is 19.7 Å². The molecular formula is C18H19FN4. The molecule has 0 unspecified atom stereocenters. The van der Waals surface area contributed by atoms with E-state index in [1.807, 2.05) is 16.8 Å². The molecule has 0 spiro atoms. The average molecular weight is 310 g/mol. The van der Waals surface area contributed by atoms with Gasteiger partial charge in [-0.25, -0.2) is 14.4 Å². The first-order chi connectivity index (χ1) is 11.3. The van der Waals surface area contributed by atoms with Crippen LogP contribution in [0.5, 0.6) is 0 Å². The summed E-state index contributed by atoms with van der Waals surface area (Å²) in [5.74, 6) is 0.388. The van der Waals surface area contributed by atoms with Gasteiger partial charge in [0, 0.05) is 23.7 Å². The summed E-state index contributed by atoms with van der Waals surface area (Å²) in [5, 5.41) is 4.59. The molecule has 0 aliphatic carbocycles. The van der Waals surface area contributed by atoms with Crippen LogP contribution < -0.4 is 0 Å². The number of hydrogen-bond donors (Lipinski definition) is 0. The molecule has 0 radical (unpaired) electrons. The van der Waals surface area contributed by atoms with E-state index >= 15 is 0 Å². The molecule has 3 rings (SSSR count). The molecule has 0 saturated heterocycles. The van der Waals surface area contributed by atoms with Crippen molar-refractivity contribution in [2.45, 2.75) is 32.7 Å². The average Bonchev–Trinajstić information content (AvgIpc) is 2.99. The molecule has 0 bridgehead atoms. The number of rotatable bonds is 6. The summed E-state index contributed by atoms with van der Waals surface area (Å²) in [6, 6.07) is 10.6. The molecule has 3 aromatic rings. The van der Waals surface area contributed by atoms with E-state index in [2.05, 4.69) is 22.0 Å². The third-order valence-electron chi connectivity index (χ3n) is 3.72. The quantitative estimate of drug-likeness (QED) is 0.694. The molecule has 0 fully saturated rings. The Morgan fingerprint density at radius 1 is 1.09 bits per heavy atom. The number of benzene rings is 1. The number of nitrogens with zero attached hydrogens (tertiary/aromatic N) is 4. The molecule has 23 heavy (non-hydrogen) atoms. The summed E-state index contributed by atoms with van der Waals surface area (Å²) in [7, 11) is 0. The lowest BCUT2D eigenvalue weighted by atomic mass is 10.1.